The summed E-state index contributed by atoms with van der Waals surface area (Å²) in [7, 11) is 0. The van der Waals surface area contributed by atoms with Gasteiger partial charge in [-0.25, -0.2) is 4.98 Å². The molecule has 1 heterocycles. The molecule has 2 aromatic carbocycles. The standard InChI is InChI=1S/C24H26N4OS/c1-17(23(29)25-20-15-9-4-10-16-20)30-24-26-21(18-11-5-2-6-12-18)22(27-28-24)19-13-7-3-8-14-19/h2-3,5-8,11-14,17,20H,4,9-10,15-16H2,1H3,(H,25,29). The van der Waals surface area contributed by atoms with Crippen molar-refractivity contribution in [2.45, 2.75) is 55.5 Å². The average Bonchev–Trinajstić information content (AvgIpc) is 2.81. The number of rotatable bonds is 6. The van der Waals surface area contributed by atoms with Gasteiger partial charge in [0.05, 0.1) is 5.25 Å². The molecule has 1 aliphatic rings. The van der Waals surface area contributed by atoms with Crippen LogP contribution in [0.3, 0.4) is 0 Å². The second-order valence-corrected chi connectivity index (χ2v) is 8.94. The van der Waals surface area contributed by atoms with Gasteiger partial charge in [0, 0.05) is 17.2 Å². The van der Waals surface area contributed by atoms with Crippen molar-refractivity contribution >= 4 is 17.7 Å². The summed E-state index contributed by atoms with van der Waals surface area (Å²) in [6.07, 6.45) is 5.81. The van der Waals surface area contributed by atoms with Crippen LogP contribution in [0.4, 0.5) is 0 Å². The smallest absolute Gasteiger partial charge is 0.233 e. The lowest BCUT2D eigenvalue weighted by Crippen LogP contribution is -2.40. The van der Waals surface area contributed by atoms with Gasteiger partial charge >= 0.3 is 0 Å². The molecule has 3 aromatic rings. The maximum absolute atomic E-state index is 12.7. The van der Waals surface area contributed by atoms with E-state index in [4.69, 9.17) is 4.98 Å². The Hall–Kier alpha value is -2.73. The van der Waals surface area contributed by atoms with E-state index >= 15 is 0 Å². The minimum atomic E-state index is -0.278. The molecular formula is C24H26N4OS. The number of carbonyl (C=O) groups is 1. The van der Waals surface area contributed by atoms with E-state index in [-0.39, 0.29) is 11.2 Å². The summed E-state index contributed by atoms with van der Waals surface area (Å²) in [6, 6.07) is 20.2. The van der Waals surface area contributed by atoms with Crippen molar-refractivity contribution in [3.8, 4) is 22.5 Å². The Morgan fingerprint density at radius 3 is 2.13 bits per heavy atom. The van der Waals surface area contributed by atoms with E-state index in [0.29, 0.717) is 11.2 Å². The minimum Gasteiger partial charge on any atom is -0.352 e. The molecule has 0 aliphatic heterocycles. The third-order valence-corrected chi connectivity index (χ3v) is 6.32. The Balaban J connectivity index is 1.56. The van der Waals surface area contributed by atoms with Crippen LogP contribution in [0.15, 0.2) is 65.8 Å². The number of amides is 1. The van der Waals surface area contributed by atoms with Crippen LogP contribution in [0.5, 0.6) is 0 Å². The van der Waals surface area contributed by atoms with E-state index < -0.39 is 0 Å². The van der Waals surface area contributed by atoms with Gasteiger partial charge in [-0.1, -0.05) is 91.7 Å². The Labute approximate surface area is 181 Å². The van der Waals surface area contributed by atoms with E-state index in [0.717, 1.165) is 35.4 Å². The molecule has 0 bridgehead atoms. The molecule has 1 aromatic heterocycles. The fourth-order valence-corrected chi connectivity index (χ4v) is 4.45. The fraction of sp³-hybridized carbons (Fsp3) is 0.333. The largest absolute Gasteiger partial charge is 0.352 e. The molecule has 0 saturated heterocycles. The third-order valence-electron chi connectivity index (χ3n) is 5.36. The van der Waals surface area contributed by atoms with Gasteiger partial charge in [0.15, 0.2) is 0 Å². The number of nitrogens with one attached hydrogen (secondary N) is 1. The summed E-state index contributed by atoms with van der Waals surface area (Å²) in [5.41, 5.74) is 3.47. The van der Waals surface area contributed by atoms with Crippen LogP contribution >= 0.6 is 11.8 Å². The zero-order chi connectivity index (χ0) is 20.8. The van der Waals surface area contributed by atoms with Crippen LogP contribution in [0.25, 0.3) is 22.5 Å². The first-order valence-corrected chi connectivity index (χ1v) is 11.4. The number of nitrogens with zero attached hydrogens (tertiary/aromatic N) is 3. The van der Waals surface area contributed by atoms with E-state index in [1.807, 2.05) is 67.6 Å². The van der Waals surface area contributed by atoms with Crippen molar-refractivity contribution in [3.63, 3.8) is 0 Å². The number of carbonyl (C=O) groups excluding carboxylic acids is 1. The molecule has 1 unspecified atom stereocenters. The van der Waals surface area contributed by atoms with E-state index in [2.05, 4.69) is 15.5 Å². The molecular weight excluding hydrogens is 392 g/mol. The molecule has 5 nitrogen and oxygen atoms in total. The molecule has 4 rings (SSSR count). The molecule has 0 radical (unpaired) electrons. The number of benzene rings is 2. The second kappa shape index (κ2) is 9.85. The zero-order valence-electron chi connectivity index (χ0n) is 17.1. The van der Waals surface area contributed by atoms with Crippen molar-refractivity contribution in [2.24, 2.45) is 0 Å². The maximum Gasteiger partial charge on any atom is 0.233 e. The van der Waals surface area contributed by atoms with Gasteiger partial charge in [0.25, 0.3) is 0 Å². The van der Waals surface area contributed by atoms with Crippen LogP contribution in [0.2, 0.25) is 0 Å². The molecule has 1 amide bonds. The number of hydrogen-bond acceptors (Lipinski definition) is 5. The molecule has 0 spiro atoms. The number of thioether (sulfide) groups is 1. The summed E-state index contributed by atoms with van der Waals surface area (Å²) in [5.74, 6) is 0.0453. The number of aromatic nitrogens is 3. The Bertz CT molecular complexity index is 975. The molecule has 6 heteroatoms. The normalized spacial score (nSPS) is 15.5. The summed E-state index contributed by atoms with van der Waals surface area (Å²) in [5, 5.41) is 12.2. The third kappa shape index (κ3) is 5.05. The first-order valence-electron chi connectivity index (χ1n) is 10.5. The van der Waals surface area contributed by atoms with Gasteiger partial charge in [-0.3, -0.25) is 4.79 Å². The lowest BCUT2D eigenvalue weighted by molar-refractivity contribution is -0.121. The SMILES string of the molecule is CC(Sc1nnc(-c2ccccc2)c(-c2ccccc2)n1)C(=O)NC1CCCCC1. The highest BCUT2D eigenvalue weighted by molar-refractivity contribution is 8.00. The molecule has 1 N–H and O–H groups in total. The average molecular weight is 419 g/mol. The zero-order valence-corrected chi connectivity index (χ0v) is 17.9. The lowest BCUT2D eigenvalue weighted by Gasteiger charge is -2.24. The van der Waals surface area contributed by atoms with Crippen molar-refractivity contribution in [1.29, 1.82) is 0 Å². The molecule has 30 heavy (non-hydrogen) atoms. The quantitative estimate of drug-likeness (QED) is 0.562. The van der Waals surface area contributed by atoms with Crippen molar-refractivity contribution in [3.05, 3.63) is 60.7 Å². The Morgan fingerprint density at radius 1 is 0.900 bits per heavy atom. The fourth-order valence-electron chi connectivity index (χ4n) is 3.73. The summed E-state index contributed by atoms with van der Waals surface area (Å²) >= 11 is 1.36. The number of hydrogen-bond donors (Lipinski definition) is 1. The molecule has 1 aliphatic carbocycles. The Morgan fingerprint density at radius 2 is 1.50 bits per heavy atom. The summed E-state index contributed by atoms with van der Waals surface area (Å²) in [4.78, 5) is 17.4. The van der Waals surface area contributed by atoms with Gasteiger partial charge in [-0.2, -0.15) is 0 Å². The van der Waals surface area contributed by atoms with Gasteiger partial charge < -0.3 is 5.32 Å². The van der Waals surface area contributed by atoms with Gasteiger partial charge in [-0.05, 0) is 19.8 Å². The van der Waals surface area contributed by atoms with Crippen LogP contribution in [-0.4, -0.2) is 32.4 Å². The topological polar surface area (TPSA) is 67.8 Å². The van der Waals surface area contributed by atoms with E-state index in [1.54, 1.807) is 0 Å². The predicted octanol–water partition coefficient (Wildman–Crippen LogP) is 5.14. The minimum absolute atomic E-state index is 0.0453. The van der Waals surface area contributed by atoms with Crippen molar-refractivity contribution < 1.29 is 4.79 Å². The van der Waals surface area contributed by atoms with E-state index in [9.17, 15) is 4.79 Å². The highest BCUT2D eigenvalue weighted by Gasteiger charge is 2.22. The van der Waals surface area contributed by atoms with Crippen LogP contribution in [-0.2, 0) is 4.79 Å². The maximum atomic E-state index is 12.7. The predicted molar refractivity (Wildman–Crippen MR) is 121 cm³/mol. The summed E-state index contributed by atoms with van der Waals surface area (Å²) < 4.78 is 0. The lowest BCUT2D eigenvalue weighted by atomic mass is 9.95. The van der Waals surface area contributed by atoms with Crippen LogP contribution < -0.4 is 5.32 Å². The van der Waals surface area contributed by atoms with Gasteiger partial charge in [0.1, 0.15) is 11.4 Å². The molecule has 1 atom stereocenters. The first kappa shape index (κ1) is 20.5. The van der Waals surface area contributed by atoms with Gasteiger partial charge in [-0.15, -0.1) is 10.2 Å². The molecule has 1 saturated carbocycles. The second-order valence-electron chi connectivity index (χ2n) is 7.63. The Kier molecular flexibility index (Phi) is 6.74. The van der Waals surface area contributed by atoms with E-state index in [1.165, 1.54) is 31.0 Å². The molecule has 1 fully saturated rings. The van der Waals surface area contributed by atoms with Crippen LogP contribution in [0.1, 0.15) is 39.0 Å². The van der Waals surface area contributed by atoms with Crippen LogP contribution in [0, 0.1) is 0 Å². The summed E-state index contributed by atoms with van der Waals surface area (Å²) in [6.45, 7) is 1.90. The van der Waals surface area contributed by atoms with Crippen molar-refractivity contribution in [2.75, 3.05) is 0 Å². The monoisotopic (exact) mass is 418 g/mol. The first-order chi connectivity index (χ1) is 14.7. The molecule has 154 valence electrons. The highest BCUT2D eigenvalue weighted by atomic mass is 32.2. The highest BCUT2D eigenvalue weighted by Crippen LogP contribution is 2.30. The van der Waals surface area contributed by atoms with Crippen molar-refractivity contribution in [1.82, 2.24) is 20.5 Å². The van der Waals surface area contributed by atoms with Gasteiger partial charge in [0.2, 0.25) is 11.1 Å².